The molecule has 0 saturated heterocycles. The topological polar surface area (TPSA) is 70.6 Å². The van der Waals surface area contributed by atoms with Gasteiger partial charge < -0.3 is 20.5 Å². The summed E-state index contributed by atoms with van der Waals surface area (Å²) in [6.07, 6.45) is -0.548. The van der Waals surface area contributed by atoms with Crippen LogP contribution in [0.5, 0.6) is 5.75 Å². The van der Waals surface area contributed by atoms with Crippen LogP contribution in [0.3, 0.4) is 0 Å². The third-order valence-electron chi connectivity index (χ3n) is 2.60. The number of aliphatic hydroxyl groups is 1. The minimum Gasteiger partial charge on any atom is -0.495 e. The van der Waals surface area contributed by atoms with Gasteiger partial charge in [0.15, 0.2) is 0 Å². The van der Waals surface area contributed by atoms with Crippen LogP contribution in [-0.2, 0) is 0 Å². The van der Waals surface area contributed by atoms with Crippen LogP contribution < -0.4 is 15.4 Å². The average molecular weight is 252 g/mol. The van der Waals surface area contributed by atoms with Gasteiger partial charge in [0.25, 0.3) is 0 Å². The lowest BCUT2D eigenvalue weighted by Gasteiger charge is -2.16. The summed E-state index contributed by atoms with van der Waals surface area (Å²) >= 11 is 0. The number of rotatable bonds is 5. The predicted octanol–water partition coefficient (Wildman–Crippen LogP) is 1.83. The Balaban J connectivity index is 2.49. The van der Waals surface area contributed by atoms with Crippen LogP contribution in [0, 0.1) is 5.92 Å². The van der Waals surface area contributed by atoms with Crippen molar-refractivity contribution in [2.75, 3.05) is 19.0 Å². The van der Waals surface area contributed by atoms with Gasteiger partial charge in [0.05, 0.1) is 18.9 Å². The molecule has 0 saturated carbocycles. The second-order valence-electron chi connectivity index (χ2n) is 4.35. The van der Waals surface area contributed by atoms with Crippen LogP contribution in [0.2, 0.25) is 0 Å². The van der Waals surface area contributed by atoms with Crippen molar-refractivity contribution in [2.24, 2.45) is 5.92 Å². The fourth-order valence-corrected chi connectivity index (χ4v) is 1.35. The molecule has 0 aliphatic carbocycles. The van der Waals surface area contributed by atoms with Gasteiger partial charge in [-0.25, -0.2) is 4.79 Å². The minimum absolute atomic E-state index is 0.108. The van der Waals surface area contributed by atoms with E-state index < -0.39 is 6.10 Å². The normalized spacial score (nSPS) is 12.1. The molecule has 18 heavy (non-hydrogen) atoms. The first kappa shape index (κ1) is 14.3. The van der Waals surface area contributed by atoms with E-state index in [1.807, 2.05) is 19.9 Å². The SMILES string of the molecule is COc1ccccc1NC(=O)NCC(O)C(C)C. The Bertz CT molecular complexity index is 394. The first-order valence-electron chi connectivity index (χ1n) is 5.90. The molecule has 0 radical (unpaired) electrons. The van der Waals surface area contributed by atoms with Crippen molar-refractivity contribution in [1.82, 2.24) is 5.32 Å². The number of urea groups is 1. The van der Waals surface area contributed by atoms with E-state index in [1.54, 1.807) is 25.3 Å². The molecule has 0 spiro atoms. The zero-order valence-electron chi connectivity index (χ0n) is 10.9. The summed E-state index contributed by atoms with van der Waals surface area (Å²) in [5, 5.41) is 14.9. The van der Waals surface area contributed by atoms with Crippen molar-refractivity contribution < 1.29 is 14.6 Å². The predicted molar refractivity (Wildman–Crippen MR) is 70.9 cm³/mol. The molecule has 2 amide bonds. The summed E-state index contributed by atoms with van der Waals surface area (Å²) in [5.74, 6) is 0.702. The molecule has 1 aromatic carbocycles. The molecule has 0 aromatic heterocycles. The maximum atomic E-state index is 11.6. The number of carbonyl (C=O) groups is 1. The van der Waals surface area contributed by atoms with Gasteiger partial charge in [-0.1, -0.05) is 26.0 Å². The van der Waals surface area contributed by atoms with E-state index in [-0.39, 0.29) is 18.5 Å². The van der Waals surface area contributed by atoms with E-state index in [0.717, 1.165) is 0 Å². The molecule has 1 atom stereocenters. The van der Waals surface area contributed by atoms with E-state index in [9.17, 15) is 9.90 Å². The molecule has 1 unspecified atom stereocenters. The lowest BCUT2D eigenvalue weighted by molar-refractivity contribution is 0.126. The monoisotopic (exact) mass is 252 g/mol. The second kappa shape index (κ2) is 6.86. The standard InChI is InChI=1S/C13H20N2O3/c1-9(2)11(16)8-14-13(17)15-10-6-4-5-7-12(10)18-3/h4-7,9,11,16H,8H2,1-3H3,(H2,14,15,17). The van der Waals surface area contributed by atoms with Gasteiger partial charge in [0.1, 0.15) is 5.75 Å². The Morgan fingerprint density at radius 3 is 2.67 bits per heavy atom. The number of hydrogen-bond donors (Lipinski definition) is 3. The molecule has 3 N–H and O–H groups in total. The smallest absolute Gasteiger partial charge is 0.319 e. The van der Waals surface area contributed by atoms with Crippen molar-refractivity contribution >= 4 is 11.7 Å². The Kier molecular flexibility index (Phi) is 5.45. The maximum Gasteiger partial charge on any atom is 0.319 e. The molecule has 100 valence electrons. The quantitative estimate of drug-likeness (QED) is 0.748. The Morgan fingerprint density at radius 1 is 1.39 bits per heavy atom. The van der Waals surface area contributed by atoms with Crippen molar-refractivity contribution in [3.8, 4) is 5.75 Å². The van der Waals surface area contributed by atoms with Gasteiger partial charge in [-0.05, 0) is 18.1 Å². The number of carbonyl (C=O) groups excluding carboxylic acids is 1. The summed E-state index contributed by atoms with van der Waals surface area (Å²) in [5.41, 5.74) is 0.594. The van der Waals surface area contributed by atoms with Gasteiger partial charge >= 0.3 is 6.03 Å². The molecular weight excluding hydrogens is 232 g/mol. The third kappa shape index (κ3) is 4.25. The van der Waals surface area contributed by atoms with Crippen LogP contribution in [0.15, 0.2) is 24.3 Å². The molecular formula is C13H20N2O3. The highest BCUT2D eigenvalue weighted by molar-refractivity contribution is 5.90. The first-order chi connectivity index (χ1) is 8.54. The zero-order valence-corrected chi connectivity index (χ0v) is 10.9. The number of methoxy groups -OCH3 is 1. The number of nitrogens with one attached hydrogen (secondary N) is 2. The van der Waals surface area contributed by atoms with Crippen LogP contribution in [0.1, 0.15) is 13.8 Å². The second-order valence-corrected chi connectivity index (χ2v) is 4.35. The fourth-order valence-electron chi connectivity index (χ4n) is 1.35. The van der Waals surface area contributed by atoms with E-state index >= 15 is 0 Å². The highest BCUT2D eigenvalue weighted by atomic mass is 16.5. The number of ether oxygens (including phenoxy) is 1. The average Bonchev–Trinajstić information content (AvgIpc) is 2.36. The fraction of sp³-hybridized carbons (Fsp3) is 0.462. The Morgan fingerprint density at radius 2 is 2.06 bits per heavy atom. The third-order valence-corrected chi connectivity index (χ3v) is 2.60. The van der Waals surface area contributed by atoms with Crippen LogP contribution in [0.25, 0.3) is 0 Å². The maximum absolute atomic E-state index is 11.6. The summed E-state index contributed by atoms with van der Waals surface area (Å²) in [6.45, 7) is 4.01. The molecule has 0 aliphatic rings. The number of anilines is 1. The summed E-state index contributed by atoms with van der Waals surface area (Å²) in [7, 11) is 1.54. The van der Waals surface area contributed by atoms with E-state index in [0.29, 0.717) is 11.4 Å². The van der Waals surface area contributed by atoms with Gasteiger partial charge in [-0.2, -0.15) is 0 Å². The summed E-state index contributed by atoms with van der Waals surface area (Å²) < 4.78 is 5.12. The molecule has 1 rings (SSSR count). The van der Waals surface area contributed by atoms with Gasteiger partial charge in [0, 0.05) is 6.54 Å². The van der Waals surface area contributed by atoms with Crippen molar-refractivity contribution in [3.63, 3.8) is 0 Å². The highest BCUT2D eigenvalue weighted by Gasteiger charge is 2.11. The molecule has 5 heteroatoms. The summed E-state index contributed by atoms with van der Waals surface area (Å²) in [4.78, 5) is 11.6. The van der Waals surface area contributed by atoms with E-state index in [4.69, 9.17) is 4.74 Å². The number of hydrogen-bond acceptors (Lipinski definition) is 3. The van der Waals surface area contributed by atoms with Gasteiger partial charge in [0.2, 0.25) is 0 Å². The lowest BCUT2D eigenvalue weighted by Crippen LogP contribution is -2.37. The first-order valence-corrected chi connectivity index (χ1v) is 5.90. The molecule has 0 bridgehead atoms. The van der Waals surface area contributed by atoms with Crippen molar-refractivity contribution in [1.29, 1.82) is 0 Å². The molecule has 0 heterocycles. The lowest BCUT2D eigenvalue weighted by atomic mass is 10.1. The van der Waals surface area contributed by atoms with Crippen molar-refractivity contribution in [2.45, 2.75) is 20.0 Å². The Labute approximate surface area is 107 Å². The largest absolute Gasteiger partial charge is 0.495 e. The van der Waals surface area contributed by atoms with Crippen LogP contribution in [-0.4, -0.2) is 30.9 Å². The number of aliphatic hydroxyl groups excluding tert-OH is 1. The van der Waals surface area contributed by atoms with Crippen molar-refractivity contribution in [3.05, 3.63) is 24.3 Å². The zero-order chi connectivity index (χ0) is 13.5. The highest BCUT2D eigenvalue weighted by Crippen LogP contribution is 2.22. The molecule has 5 nitrogen and oxygen atoms in total. The summed E-state index contributed by atoms with van der Waals surface area (Å²) in [6, 6.07) is 6.78. The Hall–Kier alpha value is -1.75. The van der Waals surface area contributed by atoms with E-state index in [1.165, 1.54) is 0 Å². The molecule has 0 aliphatic heterocycles. The molecule has 0 fully saturated rings. The number of benzene rings is 1. The molecule has 1 aromatic rings. The number of para-hydroxylation sites is 2. The minimum atomic E-state index is -0.548. The number of amides is 2. The van der Waals surface area contributed by atoms with Crippen LogP contribution in [0.4, 0.5) is 10.5 Å². The van der Waals surface area contributed by atoms with Gasteiger partial charge in [-0.3, -0.25) is 0 Å². The van der Waals surface area contributed by atoms with E-state index in [2.05, 4.69) is 10.6 Å². The van der Waals surface area contributed by atoms with Crippen LogP contribution >= 0.6 is 0 Å². The van der Waals surface area contributed by atoms with Gasteiger partial charge in [-0.15, -0.1) is 0 Å².